The molecule has 3 atom stereocenters. The molecule has 3 aromatic rings. The van der Waals surface area contributed by atoms with Crippen LogP contribution in [0.2, 0.25) is 0 Å². The highest BCUT2D eigenvalue weighted by Gasteiger charge is 2.43. The summed E-state index contributed by atoms with van der Waals surface area (Å²) in [4.78, 5) is 5.77. The number of benzene rings is 2. The molecule has 0 aliphatic carbocycles. The van der Waals surface area contributed by atoms with Gasteiger partial charge < -0.3 is 10.1 Å². The summed E-state index contributed by atoms with van der Waals surface area (Å²) in [5, 5.41) is 12.4. The van der Waals surface area contributed by atoms with Crippen LogP contribution in [0, 0.1) is 18.3 Å². The van der Waals surface area contributed by atoms with Crippen molar-refractivity contribution >= 4 is 10.9 Å². The summed E-state index contributed by atoms with van der Waals surface area (Å²) in [6.07, 6.45) is 8.48. The van der Waals surface area contributed by atoms with Gasteiger partial charge in [-0.2, -0.15) is 0 Å². The fourth-order valence-corrected chi connectivity index (χ4v) is 4.46. The second-order valence-corrected chi connectivity index (χ2v) is 7.72. The van der Waals surface area contributed by atoms with Crippen LogP contribution in [0.1, 0.15) is 30.4 Å². The Labute approximate surface area is 161 Å². The Morgan fingerprint density at radius 1 is 1.22 bits per heavy atom. The van der Waals surface area contributed by atoms with E-state index in [1.165, 1.54) is 16.5 Å². The predicted molar refractivity (Wildman–Crippen MR) is 110 cm³/mol. The summed E-state index contributed by atoms with van der Waals surface area (Å²) in [7, 11) is 0. The maximum absolute atomic E-state index is 11.2. The molecule has 2 aromatic carbocycles. The van der Waals surface area contributed by atoms with Crippen LogP contribution in [0.3, 0.4) is 0 Å². The van der Waals surface area contributed by atoms with Gasteiger partial charge >= 0.3 is 0 Å². The summed E-state index contributed by atoms with van der Waals surface area (Å²) in [6.45, 7) is 4.68. The van der Waals surface area contributed by atoms with Crippen molar-refractivity contribution in [3.63, 3.8) is 0 Å². The SMILES string of the molecule is C#CC1(O)CCN(Cc2ccccc2)CC1C(C)c1c[nH]c2ccccc12. The van der Waals surface area contributed by atoms with E-state index < -0.39 is 5.60 Å². The Morgan fingerprint density at radius 3 is 2.74 bits per heavy atom. The first-order valence-corrected chi connectivity index (χ1v) is 9.63. The van der Waals surface area contributed by atoms with Gasteiger partial charge in [0.15, 0.2) is 0 Å². The Kier molecular flexibility index (Phi) is 4.78. The molecule has 0 spiro atoms. The number of piperidine rings is 1. The van der Waals surface area contributed by atoms with Crippen molar-refractivity contribution in [1.29, 1.82) is 0 Å². The summed E-state index contributed by atoms with van der Waals surface area (Å²) < 4.78 is 0. The fourth-order valence-electron chi connectivity index (χ4n) is 4.46. The number of aliphatic hydroxyl groups is 1. The van der Waals surface area contributed by atoms with Crippen LogP contribution in [-0.4, -0.2) is 33.7 Å². The van der Waals surface area contributed by atoms with Crippen molar-refractivity contribution in [2.45, 2.75) is 31.4 Å². The van der Waals surface area contributed by atoms with Crippen molar-refractivity contribution in [2.75, 3.05) is 13.1 Å². The largest absolute Gasteiger partial charge is 0.377 e. The van der Waals surface area contributed by atoms with Gasteiger partial charge in [0.25, 0.3) is 0 Å². The zero-order chi connectivity index (χ0) is 18.9. The van der Waals surface area contributed by atoms with Gasteiger partial charge in [-0.05, 0) is 23.1 Å². The van der Waals surface area contributed by atoms with Crippen LogP contribution in [0.25, 0.3) is 10.9 Å². The number of nitrogens with zero attached hydrogens (tertiary/aromatic N) is 1. The van der Waals surface area contributed by atoms with Gasteiger partial charge in [0.2, 0.25) is 0 Å². The lowest BCUT2D eigenvalue weighted by molar-refractivity contribution is -0.0381. The van der Waals surface area contributed by atoms with Crippen LogP contribution < -0.4 is 0 Å². The Bertz CT molecular complexity index is 955. The van der Waals surface area contributed by atoms with Crippen LogP contribution >= 0.6 is 0 Å². The lowest BCUT2D eigenvalue weighted by Crippen LogP contribution is -2.52. The van der Waals surface area contributed by atoms with E-state index in [9.17, 15) is 5.11 Å². The topological polar surface area (TPSA) is 39.3 Å². The third-order valence-electron chi connectivity index (χ3n) is 6.09. The van der Waals surface area contributed by atoms with Gasteiger partial charge in [-0.15, -0.1) is 6.42 Å². The average Bonchev–Trinajstić information content (AvgIpc) is 3.14. The Hall–Kier alpha value is -2.54. The molecule has 1 aromatic heterocycles. The third kappa shape index (κ3) is 3.39. The van der Waals surface area contributed by atoms with Crippen LogP contribution in [0.4, 0.5) is 0 Å². The first-order chi connectivity index (χ1) is 13.1. The standard InChI is InChI=1S/C24H26N2O/c1-3-24(27)13-14-26(16-19-9-5-4-6-10-19)17-22(24)18(2)21-15-25-23-12-8-7-11-20(21)23/h1,4-12,15,18,22,25,27H,13-14,16-17H2,2H3. The Balaban J connectivity index is 1.61. The van der Waals surface area contributed by atoms with Gasteiger partial charge in [-0.25, -0.2) is 0 Å². The second-order valence-electron chi connectivity index (χ2n) is 7.72. The molecule has 1 fully saturated rings. The van der Waals surface area contributed by atoms with Crippen molar-refractivity contribution in [3.05, 3.63) is 71.9 Å². The molecular weight excluding hydrogens is 332 g/mol. The number of hydrogen-bond acceptors (Lipinski definition) is 2. The molecule has 0 amide bonds. The molecule has 1 aliphatic rings. The minimum absolute atomic E-state index is 0.0147. The minimum atomic E-state index is -1.06. The van der Waals surface area contributed by atoms with Gasteiger partial charge in [-0.1, -0.05) is 61.4 Å². The number of terminal acetylenes is 1. The van der Waals surface area contributed by atoms with E-state index in [4.69, 9.17) is 6.42 Å². The van der Waals surface area contributed by atoms with Gasteiger partial charge in [0.05, 0.1) is 0 Å². The maximum Gasteiger partial charge on any atom is 0.131 e. The number of aromatic amines is 1. The third-order valence-corrected chi connectivity index (χ3v) is 6.09. The lowest BCUT2D eigenvalue weighted by Gasteiger charge is -2.44. The van der Waals surface area contributed by atoms with E-state index in [-0.39, 0.29) is 11.8 Å². The number of rotatable bonds is 4. The summed E-state index contributed by atoms with van der Waals surface area (Å²) >= 11 is 0. The number of H-pyrrole nitrogens is 1. The van der Waals surface area contributed by atoms with Crippen molar-refractivity contribution in [2.24, 2.45) is 5.92 Å². The fraction of sp³-hybridized carbons (Fsp3) is 0.333. The highest BCUT2D eigenvalue weighted by Crippen LogP contribution is 2.40. The number of likely N-dealkylation sites (tertiary alicyclic amines) is 1. The minimum Gasteiger partial charge on any atom is -0.377 e. The van der Waals surface area contributed by atoms with Gasteiger partial charge in [0.1, 0.15) is 5.60 Å². The molecule has 27 heavy (non-hydrogen) atoms. The molecule has 2 N–H and O–H groups in total. The van der Waals surface area contributed by atoms with Gasteiger partial charge in [0, 0.05) is 49.1 Å². The molecule has 3 heteroatoms. The molecule has 0 saturated carbocycles. The number of nitrogens with one attached hydrogen (secondary N) is 1. The highest BCUT2D eigenvalue weighted by atomic mass is 16.3. The molecule has 1 saturated heterocycles. The van der Waals surface area contributed by atoms with E-state index in [1.807, 2.05) is 12.1 Å². The number of fused-ring (bicyclic) bond motifs is 1. The number of hydrogen-bond donors (Lipinski definition) is 2. The molecule has 4 rings (SSSR count). The Morgan fingerprint density at radius 2 is 1.96 bits per heavy atom. The van der Waals surface area contributed by atoms with E-state index in [0.29, 0.717) is 6.42 Å². The van der Waals surface area contributed by atoms with Gasteiger partial charge in [-0.3, -0.25) is 4.90 Å². The van der Waals surface area contributed by atoms with E-state index in [2.05, 4.69) is 71.4 Å². The average molecular weight is 358 g/mol. The predicted octanol–water partition coefficient (Wildman–Crippen LogP) is 4.16. The van der Waals surface area contributed by atoms with E-state index in [1.54, 1.807) is 0 Å². The quantitative estimate of drug-likeness (QED) is 0.688. The first kappa shape index (κ1) is 17.9. The smallest absolute Gasteiger partial charge is 0.131 e. The second kappa shape index (κ2) is 7.23. The molecule has 0 bridgehead atoms. The molecule has 0 radical (unpaired) electrons. The van der Waals surface area contributed by atoms with Crippen LogP contribution in [0.15, 0.2) is 60.8 Å². The summed E-state index contributed by atoms with van der Waals surface area (Å²) in [6, 6.07) is 18.8. The van der Waals surface area contributed by atoms with Crippen molar-refractivity contribution in [3.8, 4) is 12.3 Å². The lowest BCUT2D eigenvalue weighted by atomic mass is 9.72. The van der Waals surface area contributed by atoms with Crippen LogP contribution in [-0.2, 0) is 6.54 Å². The maximum atomic E-state index is 11.2. The normalized spacial score (nSPS) is 24.6. The number of aromatic nitrogens is 1. The monoisotopic (exact) mass is 358 g/mol. The van der Waals surface area contributed by atoms with Crippen molar-refractivity contribution < 1.29 is 5.11 Å². The molecule has 2 heterocycles. The first-order valence-electron chi connectivity index (χ1n) is 9.63. The highest BCUT2D eigenvalue weighted by molar-refractivity contribution is 5.83. The van der Waals surface area contributed by atoms with Crippen molar-refractivity contribution in [1.82, 2.24) is 9.88 Å². The van der Waals surface area contributed by atoms with E-state index in [0.717, 1.165) is 25.2 Å². The molecule has 138 valence electrons. The molecule has 1 aliphatic heterocycles. The molecule has 3 unspecified atom stereocenters. The number of para-hydroxylation sites is 1. The molecule has 3 nitrogen and oxygen atoms in total. The van der Waals surface area contributed by atoms with Crippen LogP contribution in [0.5, 0.6) is 0 Å². The summed E-state index contributed by atoms with van der Waals surface area (Å²) in [5.41, 5.74) is 2.58. The van der Waals surface area contributed by atoms with E-state index >= 15 is 0 Å². The zero-order valence-corrected chi connectivity index (χ0v) is 15.7. The zero-order valence-electron chi connectivity index (χ0n) is 15.7. The summed E-state index contributed by atoms with van der Waals surface area (Å²) in [5.74, 6) is 2.86. The molecular formula is C24H26N2O.